The van der Waals surface area contributed by atoms with Crippen molar-refractivity contribution in [1.29, 1.82) is 10.7 Å². The largest absolute Gasteiger partial charge is 0.417 e. The Bertz CT molecular complexity index is 1030. The van der Waals surface area contributed by atoms with Gasteiger partial charge in [-0.1, -0.05) is 0 Å². The van der Waals surface area contributed by atoms with E-state index in [0.29, 0.717) is 55.6 Å². The highest BCUT2D eigenvalue weighted by Gasteiger charge is 2.57. The van der Waals surface area contributed by atoms with Crippen LogP contribution in [0, 0.1) is 40.0 Å². The average molecular weight is 506 g/mol. The van der Waals surface area contributed by atoms with Crippen molar-refractivity contribution in [1.82, 2.24) is 10.3 Å². The number of piperazine rings is 1. The number of hydrogen-bond acceptors (Lipinski definition) is 5. The van der Waals surface area contributed by atoms with Gasteiger partial charge in [0.25, 0.3) is 0 Å². The molecule has 4 bridgehead atoms. The standard InChI is InChI=1S/C26H36F3N6O/c1-24(2,23(31)33-22-18-9-17-10-19(22)13-25(11-17,12-18)15-36)35(16-30)7-5-34(6-8-35)21-4-3-20(14-32-21)26(27,28)29/h3-4,14,17-19,22,36H,5-13,15H2,1-2H3,(H2,31,33)/q+1. The monoisotopic (exact) mass is 505 g/mol. The number of pyridine rings is 1. The molecule has 3 N–H and O–H groups in total. The summed E-state index contributed by atoms with van der Waals surface area (Å²) in [5.41, 5.74) is -1.48. The molecule has 0 amide bonds. The molecule has 1 aromatic rings. The van der Waals surface area contributed by atoms with Gasteiger partial charge in [0.2, 0.25) is 0 Å². The molecule has 36 heavy (non-hydrogen) atoms. The fourth-order valence-electron chi connectivity index (χ4n) is 7.74. The number of aliphatic hydroxyl groups is 1. The molecule has 0 aromatic carbocycles. The molecule has 196 valence electrons. The molecule has 4 saturated carbocycles. The molecule has 5 fully saturated rings. The fourth-order valence-corrected chi connectivity index (χ4v) is 7.74. The lowest BCUT2D eigenvalue weighted by Crippen LogP contribution is -2.72. The second-order valence-electron chi connectivity index (χ2n) is 12.1. The zero-order chi connectivity index (χ0) is 25.9. The second kappa shape index (κ2) is 8.59. The molecular weight excluding hydrogens is 469 g/mol. The van der Waals surface area contributed by atoms with Gasteiger partial charge in [0.1, 0.15) is 18.9 Å². The van der Waals surface area contributed by atoms with Crippen LogP contribution in [0.1, 0.15) is 51.5 Å². The lowest BCUT2D eigenvalue weighted by atomic mass is 9.48. The van der Waals surface area contributed by atoms with Crippen LogP contribution in [-0.2, 0) is 6.18 Å². The van der Waals surface area contributed by atoms with E-state index in [2.05, 4.69) is 16.5 Å². The summed E-state index contributed by atoms with van der Waals surface area (Å²) in [7, 11) is 0. The molecule has 2 unspecified atom stereocenters. The predicted octanol–water partition coefficient (Wildman–Crippen LogP) is 3.75. The number of aromatic nitrogens is 1. The highest BCUT2D eigenvalue weighted by atomic mass is 19.4. The topological polar surface area (TPSA) is 96.0 Å². The summed E-state index contributed by atoms with van der Waals surface area (Å²) in [5, 5.41) is 33.0. The smallest absolute Gasteiger partial charge is 0.396 e. The maximum atomic E-state index is 12.9. The third-order valence-electron chi connectivity index (χ3n) is 9.82. The molecule has 0 radical (unpaired) electrons. The number of nitriles is 1. The van der Waals surface area contributed by atoms with Crippen LogP contribution in [0.15, 0.2) is 18.3 Å². The number of nitrogens with one attached hydrogen (secondary N) is 2. The molecule has 2 atom stereocenters. The minimum atomic E-state index is -4.42. The highest BCUT2D eigenvalue weighted by molar-refractivity contribution is 5.87. The van der Waals surface area contributed by atoms with Gasteiger partial charge in [-0.3, -0.25) is 5.41 Å². The predicted molar refractivity (Wildman–Crippen MR) is 129 cm³/mol. The van der Waals surface area contributed by atoms with E-state index in [1.165, 1.54) is 6.07 Å². The second-order valence-corrected chi connectivity index (χ2v) is 12.1. The summed E-state index contributed by atoms with van der Waals surface area (Å²) in [5.74, 6) is 2.44. The molecule has 1 aromatic heterocycles. The maximum absolute atomic E-state index is 12.9. The summed E-state index contributed by atoms with van der Waals surface area (Å²) in [6.07, 6.45) is 4.36. The van der Waals surface area contributed by atoms with E-state index in [-0.39, 0.29) is 22.5 Å². The van der Waals surface area contributed by atoms with Crippen molar-refractivity contribution in [3.63, 3.8) is 0 Å². The molecule has 10 heteroatoms. The number of hydrogen-bond donors (Lipinski definition) is 3. The zero-order valence-corrected chi connectivity index (χ0v) is 21.0. The average Bonchev–Trinajstić information content (AvgIpc) is 2.85. The first-order chi connectivity index (χ1) is 16.9. The van der Waals surface area contributed by atoms with Gasteiger partial charge in [-0.05, 0) is 81.3 Å². The molecule has 6 rings (SSSR count). The fraction of sp³-hybridized carbons (Fsp3) is 0.731. The van der Waals surface area contributed by atoms with Crippen LogP contribution in [0.25, 0.3) is 0 Å². The van der Waals surface area contributed by atoms with Gasteiger partial charge >= 0.3 is 12.4 Å². The van der Waals surface area contributed by atoms with Gasteiger partial charge in [-0.25, -0.2) is 9.47 Å². The Morgan fingerprint density at radius 2 is 1.86 bits per heavy atom. The van der Waals surface area contributed by atoms with Crippen molar-refractivity contribution in [3.8, 4) is 6.19 Å². The lowest BCUT2D eigenvalue weighted by Gasteiger charge is -2.60. The summed E-state index contributed by atoms with van der Waals surface area (Å²) in [6, 6.07) is 2.64. The molecule has 1 saturated heterocycles. The molecule has 7 nitrogen and oxygen atoms in total. The van der Waals surface area contributed by atoms with Crippen LogP contribution in [0.3, 0.4) is 0 Å². The minimum absolute atomic E-state index is 0.0650. The number of anilines is 1. The Kier molecular flexibility index (Phi) is 6.03. The Morgan fingerprint density at radius 1 is 1.22 bits per heavy atom. The van der Waals surface area contributed by atoms with E-state index in [4.69, 9.17) is 5.41 Å². The summed E-state index contributed by atoms with van der Waals surface area (Å²) < 4.78 is 38.7. The Hall–Kier alpha value is -2.38. The summed E-state index contributed by atoms with van der Waals surface area (Å²) in [6.45, 7) is 5.99. The third kappa shape index (κ3) is 4.04. The molecule has 2 heterocycles. The molecule has 4 aliphatic carbocycles. The number of alkyl halides is 3. The zero-order valence-electron chi connectivity index (χ0n) is 21.0. The van der Waals surface area contributed by atoms with E-state index in [1.807, 2.05) is 18.7 Å². The van der Waals surface area contributed by atoms with Gasteiger partial charge in [0.05, 0.1) is 18.7 Å². The van der Waals surface area contributed by atoms with E-state index in [1.54, 1.807) is 0 Å². The quantitative estimate of drug-likeness (QED) is 0.245. The molecule has 5 aliphatic rings. The van der Waals surface area contributed by atoms with E-state index < -0.39 is 17.3 Å². The first-order valence-electron chi connectivity index (χ1n) is 13.0. The molecule has 0 spiro atoms. The summed E-state index contributed by atoms with van der Waals surface area (Å²) in [4.78, 5) is 5.93. The number of aliphatic hydroxyl groups excluding tert-OH is 1. The van der Waals surface area contributed by atoms with Crippen molar-refractivity contribution >= 4 is 11.7 Å². The van der Waals surface area contributed by atoms with Gasteiger partial charge in [-0.15, -0.1) is 5.26 Å². The summed E-state index contributed by atoms with van der Waals surface area (Å²) >= 11 is 0. The Labute approximate surface area is 210 Å². The first kappa shape index (κ1) is 25.3. The van der Waals surface area contributed by atoms with Crippen molar-refractivity contribution in [2.45, 2.75) is 63.7 Å². The van der Waals surface area contributed by atoms with E-state index >= 15 is 0 Å². The highest BCUT2D eigenvalue weighted by Crippen LogP contribution is 2.59. The van der Waals surface area contributed by atoms with E-state index in [0.717, 1.165) is 44.4 Å². The minimum Gasteiger partial charge on any atom is -0.396 e. The number of nitrogens with zero attached hydrogens (tertiary/aromatic N) is 4. The van der Waals surface area contributed by atoms with Crippen molar-refractivity contribution in [2.75, 3.05) is 37.7 Å². The van der Waals surface area contributed by atoms with Gasteiger partial charge in [0.15, 0.2) is 11.4 Å². The van der Waals surface area contributed by atoms with Gasteiger partial charge in [-0.2, -0.15) is 13.2 Å². The number of amidine groups is 1. The van der Waals surface area contributed by atoms with Crippen LogP contribution in [0.5, 0.6) is 0 Å². The molecular formula is C26H36F3N6O+. The number of halogens is 3. The van der Waals surface area contributed by atoms with Crippen LogP contribution < -0.4 is 10.2 Å². The Balaban J connectivity index is 1.26. The first-order valence-corrected chi connectivity index (χ1v) is 13.0. The molecule has 1 aliphatic heterocycles. The Morgan fingerprint density at radius 3 is 2.36 bits per heavy atom. The maximum Gasteiger partial charge on any atom is 0.417 e. The van der Waals surface area contributed by atoms with Crippen molar-refractivity contribution in [2.24, 2.45) is 23.2 Å². The number of quaternary nitrogens is 1. The van der Waals surface area contributed by atoms with E-state index in [9.17, 15) is 23.5 Å². The number of rotatable bonds is 5. The van der Waals surface area contributed by atoms with Crippen molar-refractivity contribution < 1.29 is 22.8 Å². The SMILES string of the molecule is CC(C)(C(=N)NC1C2CC3CC1CC(CO)(C3)C2)[N+]1(C#N)CCN(c2ccc(C(F)(F)F)cn2)CC1. The van der Waals surface area contributed by atoms with Crippen LogP contribution in [0.2, 0.25) is 0 Å². The lowest BCUT2D eigenvalue weighted by molar-refractivity contribution is -0.903. The van der Waals surface area contributed by atoms with Crippen molar-refractivity contribution in [3.05, 3.63) is 23.9 Å². The normalized spacial score (nSPS) is 33.3. The third-order valence-corrected chi connectivity index (χ3v) is 9.82. The van der Waals surface area contributed by atoms with Gasteiger partial charge < -0.3 is 15.3 Å². The van der Waals surface area contributed by atoms with Gasteiger partial charge in [0, 0.05) is 18.8 Å². The van der Waals surface area contributed by atoms with Crippen LogP contribution >= 0.6 is 0 Å². The van der Waals surface area contributed by atoms with Crippen LogP contribution in [0.4, 0.5) is 19.0 Å². The van der Waals surface area contributed by atoms with Crippen LogP contribution in [-0.4, -0.2) is 64.8 Å².